The maximum Gasteiger partial charge on any atom is 0.246 e. The van der Waals surface area contributed by atoms with Crippen molar-refractivity contribution in [1.29, 1.82) is 0 Å². The van der Waals surface area contributed by atoms with Gasteiger partial charge in [-0.15, -0.1) is 0 Å². The summed E-state index contributed by atoms with van der Waals surface area (Å²) in [5, 5.41) is 8.91. The first kappa shape index (κ1) is 9.00. The zero-order chi connectivity index (χ0) is 8.97. The minimum atomic E-state index is -0.316. The molecule has 0 aliphatic carbocycles. The minimum absolute atomic E-state index is 0.0293. The van der Waals surface area contributed by atoms with Gasteiger partial charge in [0, 0.05) is 19.2 Å². The Morgan fingerprint density at radius 3 is 2.67 bits per heavy atom. The molecule has 3 heteroatoms. The van der Waals surface area contributed by atoms with Crippen LogP contribution in [0, 0.1) is 0 Å². The first-order valence-electron chi connectivity index (χ1n) is 4.00. The first-order chi connectivity index (χ1) is 5.74. The Labute approximate surface area is 72.0 Å². The maximum atomic E-state index is 11.1. The molecule has 0 atom stereocenters. The molecule has 1 N–H and O–H groups in total. The van der Waals surface area contributed by atoms with E-state index in [0.717, 1.165) is 0 Å². The summed E-state index contributed by atoms with van der Waals surface area (Å²) in [6, 6.07) is 0. The van der Waals surface area contributed by atoms with Crippen molar-refractivity contribution in [1.82, 2.24) is 4.90 Å². The highest BCUT2D eigenvalue weighted by Gasteiger charge is 2.26. The second-order valence-corrected chi connectivity index (χ2v) is 2.78. The second kappa shape index (κ2) is 4.07. The highest BCUT2D eigenvalue weighted by Crippen LogP contribution is 2.07. The molecule has 0 saturated carbocycles. The molecular formula is C9H13NO2. The van der Waals surface area contributed by atoms with Crippen LogP contribution in [0.5, 0.6) is 0 Å². The average molecular weight is 167 g/mol. The van der Waals surface area contributed by atoms with Crippen LogP contribution in [0.4, 0.5) is 0 Å². The standard InChI is InChI=1S/C9H13NO2/c1-2-3-4-5-9(12)10-6-8(11)7-10/h2-5,8,11H,6-7H2,1H3/b3-2+,5-4+. The van der Waals surface area contributed by atoms with E-state index in [9.17, 15) is 4.79 Å². The normalized spacial score (nSPS) is 19.0. The second-order valence-electron chi connectivity index (χ2n) is 2.78. The summed E-state index contributed by atoms with van der Waals surface area (Å²) in [6.07, 6.45) is 6.55. The van der Waals surface area contributed by atoms with Gasteiger partial charge in [0.25, 0.3) is 0 Å². The molecule has 12 heavy (non-hydrogen) atoms. The van der Waals surface area contributed by atoms with Gasteiger partial charge in [0.2, 0.25) is 5.91 Å². The van der Waals surface area contributed by atoms with Gasteiger partial charge in [-0.3, -0.25) is 4.79 Å². The van der Waals surface area contributed by atoms with Crippen molar-refractivity contribution < 1.29 is 9.90 Å². The van der Waals surface area contributed by atoms with Gasteiger partial charge in [-0.1, -0.05) is 18.2 Å². The molecule has 1 saturated heterocycles. The lowest BCUT2D eigenvalue weighted by Crippen LogP contribution is -2.52. The molecule has 1 amide bonds. The zero-order valence-corrected chi connectivity index (χ0v) is 7.10. The average Bonchev–Trinajstić information content (AvgIpc) is 1.99. The Morgan fingerprint density at radius 1 is 1.50 bits per heavy atom. The Kier molecular flexibility index (Phi) is 3.05. The van der Waals surface area contributed by atoms with Crippen LogP contribution in [-0.4, -0.2) is 35.1 Å². The number of β-amino-alcohol motifs (C(OH)–C–C–N with tert-alkyl or cyclic N) is 1. The number of aliphatic hydroxyl groups is 1. The van der Waals surface area contributed by atoms with Crippen LogP contribution in [0.1, 0.15) is 6.92 Å². The summed E-state index contributed by atoms with van der Waals surface area (Å²) in [4.78, 5) is 12.7. The molecule has 1 fully saturated rings. The predicted octanol–water partition coefficient (Wildman–Crippen LogP) is 0.322. The van der Waals surface area contributed by atoms with Crippen molar-refractivity contribution in [2.45, 2.75) is 13.0 Å². The quantitative estimate of drug-likeness (QED) is 0.475. The molecule has 0 spiro atoms. The van der Waals surface area contributed by atoms with Gasteiger partial charge in [-0.25, -0.2) is 0 Å². The number of aliphatic hydroxyl groups excluding tert-OH is 1. The molecule has 3 nitrogen and oxygen atoms in total. The molecule has 0 aromatic heterocycles. The third-order valence-electron chi connectivity index (χ3n) is 1.72. The molecule has 1 aliphatic rings. The molecule has 0 unspecified atom stereocenters. The number of carbonyl (C=O) groups excluding carboxylic acids is 1. The molecule has 0 bridgehead atoms. The van der Waals surface area contributed by atoms with E-state index in [1.54, 1.807) is 17.1 Å². The highest BCUT2D eigenvalue weighted by atomic mass is 16.3. The lowest BCUT2D eigenvalue weighted by Gasteiger charge is -2.34. The van der Waals surface area contributed by atoms with Crippen LogP contribution >= 0.6 is 0 Å². The van der Waals surface area contributed by atoms with Gasteiger partial charge in [-0.2, -0.15) is 0 Å². The van der Waals surface area contributed by atoms with Gasteiger partial charge in [0.05, 0.1) is 6.10 Å². The summed E-state index contributed by atoms with van der Waals surface area (Å²) in [7, 11) is 0. The molecule has 0 aromatic rings. The van der Waals surface area contributed by atoms with E-state index in [2.05, 4.69) is 0 Å². The van der Waals surface area contributed by atoms with Crippen molar-refractivity contribution in [3.8, 4) is 0 Å². The topological polar surface area (TPSA) is 40.5 Å². The summed E-state index contributed by atoms with van der Waals surface area (Å²) in [5.41, 5.74) is 0. The van der Waals surface area contributed by atoms with E-state index in [1.807, 2.05) is 13.0 Å². The van der Waals surface area contributed by atoms with Crippen molar-refractivity contribution in [3.63, 3.8) is 0 Å². The molecule has 0 aromatic carbocycles. The number of hydrogen-bond acceptors (Lipinski definition) is 2. The Hall–Kier alpha value is -1.09. The van der Waals surface area contributed by atoms with Crippen molar-refractivity contribution in [3.05, 3.63) is 24.3 Å². The van der Waals surface area contributed by atoms with Gasteiger partial charge in [0.15, 0.2) is 0 Å². The van der Waals surface area contributed by atoms with Gasteiger partial charge >= 0.3 is 0 Å². The first-order valence-corrected chi connectivity index (χ1v) is 4.00. The highest BCUT2D eigenvalue weighted by molar-refractivity contribution is 5.88. The number of carbonyl (C=O) groups is 1. The van der Waals surface area contributed by atoms with Crippen LogP contribution in [0.2, 0.25) is 0 Å². The number of likely N-dealkylation sites (tertiary alicyclic amines) is 1. The molecule has 0 radical (unpaired) electrons. The van der Waals surface area contributed by atoms with Gasteiger partial charge in [0.1, 0.15) is 0 Å². The van der Waals surface area contributed by atoms with Crippen molar-refractivity contribution >= 4 is 5.91 Å². The van der Waals surface area contributed by atoms with E-state index in [4.69, 9.17) is 5.11 Å². The Bertz CT molecular complexity index is 215. The van der Waals surface area contributed by atoms with Crippen molar-refractivity contribution in [2.75, 3.05) is 13.1 Å². The lowest BCUT2D eigenvalue weighted by molar-refractivity contribution is -0.135. The SMILES string of the molecule is C/C=C/C=C/C(=O)N1CC(O)C1. The minimum Gasteiger partial charge on any atom is -0.389 e. The number of nitrogens with zero attached hydrogens (tertiary/aromatic N) is 1. The monoisotopic (exact) mass is 167 g/mol. The molecule has 66 valence electrons. The fraction of sp³-hybridized carbons (Fsp3) is 0.444. The summed E-state index contributed by atoms with van der Waals surface area (Å²) in [5.74, 6) is -0.0293. The van der Waals surface area contributed by atoms with E-state index in [1.165, 1.54) is 6.08 Å². The summed E-state index contributed by atoms with van der Waals surface area (Å²) >= 11 is 0. The summed E-state index contributed by atoms with van der Waals surface area (Å²) < 4.78 is 0. The van der Waals surface area contributed by atoms with Crippen LogP contribution in [0.3, 0.4) is 0 Å². The van der Waals surface area contributed by atoms with Gasteiger partial charge in [-0.05, 0) is 6.92 Å². The van der Waals surface area contributed by atoms with E-state index >= 15 is 0 Å². The molecule has 1 aliphatic heterocycles. The number of rotatable bonds is 2. The fourth-order valence-electron chi connectivity index (χ4n) is 0.990. The molecular weight excluding hydrogens is 154 g/mol. The molecule has 1 rings (SSSR count). The Balaban J connectivity index is 2.29. The zero-order valence-electron chi connectivity index (χ0n) is 7.10. The number of allylic oxidation sites excluding steroid dienone is 3. The van der Waals surface area contributed by atoms with Crippen molar-refractivity contribution in [2.24, 2.45) is 0 Å². The van der Waals surface area contributed by atoms with Crippen LogP contribution < -0.4 is 0 Å². The Morgan fingerprint density at radius 2 is 2.17 bits per heavy atom. The smallest absolute Gasteiger partial charge is 0.246 e. The largest absolute Gasteiger partial charge is 0.389 e. The van der Waals surface area contributed by atoms with Crippen LogP contribution in [0.25, 0.3) is 0 Å². The summed E-state index contributed by atoms with van der Waals surface area (Å²) in [6.45, 7) is 2.83. The third-order valence-corrected chi connectivity index (χ3v) is 1.72. The van der Waals surface area contributed by atoms with E-state index in [-0.39, 0.29) is 12.0 Å². The number of amides is 1. The van der Waals surface area contributed by atoms with Crippen LogP contribution in [0.15, 0.2) is 24.3 Å². The fourth-order valence-corrected chi connectivity index (χ4v) is 0.990. The number of hydrogen-bond donors (Lipinski definition) is 1. The maximum absolute atomic E-state index is 11.1. The van der Waals surface area contributed by atoms with E-state index in [0.29, 0.717) is 13.1 Å². The van der Waals surface area contributed by atoms with Crippen LogP contribution in [-0.2, 0) is 4.79 Å². The third kappa shape index (κ3) is 2.20. The van der Waals surface area contributed by atoms with Gasteiger partial charge < -0.3 is 10.0 Å². The lowest BCUT2D eigenvalue weighted by atomic mass is 10.1. The van der Waals surface area contributed by atoms with E-state index < -0.39 is 0 Å². The molecule has 1 heterocycles. The predicted molar refractivity (Wildman–Crippen MR) is 46.5 cm³/mol.